The minimum atomic E-state index is -0.255. The number of aromatic nitrogens is 3. The van der Waals surface area contributed by atoms with E-state index in [4.69, 9.17) is 10.5 Å². The Morgan fingerprint density at radius 3 is 2.50 bits per heavy atom. The molecule has 0 saturated heterocycles. The third kappa shape index (κ3) is 2.59. The molecule has 5 aromatic rings. The first kappa shape index (κ1) is 16.1. The van der Waals surface area contributed by atoms with Crippen LogP contribution >= 0.6 is 0 Å². The van der Waals surface area contributed by atoms with E-state index in [2.05, 4.69) is 10.1 Å². The number of fused-ring (bicyclic) bond motifs is 3. The number of rotatable bonds is 3. The highest BCUT2D eigenvalue weighted by Gasteiger charge is 2.16. The van der Waals surface area contributed by atoms with Gasteiger partial charge in [-0.2, -0.15) is 5.10 Å². The molecule has 0 amide bonds. The summed E-state index contributed by atoms with van der Waals surface area (Å²) in [7, 11) is 0. The van der Waals surface area contributed by atoms with Crippen LogP contribution in [0.2, 0.25) is 0 Å². The lowest BCUT2D eigenvalue weighted by Crippen LogP contribution is -2.08. The lowest BCUT2D eigenvalue weighted by molar-refractivity contribution is 0.482. The molecule has 6 heteroatoms. The van der Waals surface area contributed by atoms with E-state index < -0.39 is 0 Å². The van der Waals surface area contributed by atoms with Crippen LogP contribution in [-0.4, -0.2) is 14.8 Å². The molecule has 6 nitrogen and oxygen atoms in total. The minimum Gasteiger partial charge on any atom is -0.457 e. The van der Waals surface area contributed by atoms with Gasteiger partial charge in [0.05, 0.1) is 11.2 Å². The Morgan fingerprint density at radius 2 is 1.64 bits per heavy atom. The Hall–Kier alpha value is -4.06. The number of nitrogens with one attached hydrogen (secondary N) is 1. The van der Waals surface area contributed by atoms with Crippen molar-refractivity contribution in [1.82, 2.24) is 14.8 Å². The van der Waals surface area contributed by atoms with Crippen LogP contribution in [0.5, 0.6) is 11.5 Å². The first-order chi connectivity index (χ1) is 13.7. The normalized spacial score (nSPS) is 11.1. The van der Waals surface area contributed by atoms with Crippen molar-refractivity contribution in [3.05, 3.63) is 89.2 Å². The molecule has 3 N–H and O–H groups in total. The molecule has 2 heterocycles. The average Bonchev–Trinajstić information content (AvgIpc) is 3.07. The van der Waals surface area contributed by atoms with E-state index >= 15 is 0 Å². The summed E-state index contributed by atoms with van der Waals surface area (Å²) >= 11 is 0. The number of ether oxygens (including phenoxy) is 1. The van der Waals surface area contributed by atoms with Gasteiger partial charge in [0.25, 0.3) is 5.56 Å². The highest BCUT2D eigenvalue weighted by molar-refractivity contribution is 6.06. The maximum atomic E-state index is 12.6. The van der Waals surface area contributed by atoms with E-state index in [0.29, 0.717) is 28.2 Å². The third-order valence-electron chi connectivity index (χ3n) is 4.62. The van der Waals surface area contributed by atoms with Crippen LogP contribution in [0.3, 0.4) is 0 Å². The minimum absolute atomic E-state index is 0.255. The average molecular weight is 368 g/mol. The molecular weight excluding hydrogens is 352 g/mol. The largest absolute Gasteiger partial charge is 0.457 e. The fourth-order valence-electron chi connectivity index (χ4n) is 3.33. The lowest BCUT2D eigenvalue weighted by Gasteiger charge is -2.08. The van der Waals surface area contributed by atoms with Crippen molar-refractivity contribution in [2.45, 2.75) is 0 Å². The second-order valence-electron chi connectivity index (χ2n) is 6.43. The van der Waals surface area contributed by atoms with Gasteiger partial charge in [-0.25, -0.2) is 4.68 Å². The smallest absolute Gasteiger partial charge is 0.261 e. The van der Waals surface area contributed by atoms with Gasteiger partial charge in [-0.1, -0.05) is 42.5 Å². The summed E-state index contributed by atoms with van der Waals surface area (Å²) in [5.41, 5.74) is 8.07. The predicted octanol–water partition coefficient (Wildman–Crippen LogP) is 4.24. The molecule has 2 aromatic heterocycles. The topological polar surface area (TPSA) is 85.9 Å². The van der Waals surface area contributed by atoms with Crippen LogP contribution in [-0.2, 0) is 0 Å². The number of nitrogen functional groups attached to an aromatic ring is 1. The first-order valence-corrected chi connectivity index (χ1v) is 8.83. The van der Waals surface area contributed by atoms with Crippen LogP contribution in [0.15, 0.2) is 83.7 Å². The first-order valence-electron chi connectivity index (χ1n) is 8.83. The molecule has 0 radical (unpaired) electrons. The number of nitrogens with two attached hydrogens (primary N) is 1. The van der Waals surface area contributed by atoms with Crippen molar-refractivity contribution in [3.63, 3.8) is 0 Å². The number of para-hydroxylation sites is 2. The van der Waals surface area contributed by atoms with Crippen molar-refractivity contribution in [3.8, 4) is 17.2 Å². The molecule has 28 heavy (non-hydrogen) atoms. The van der Waals surface area contributed by atoms with E-state index in [0.717, 1.165) is 16.7 Å². The standard InChI is InChI=1S/C22H16N4O2/c23-21-19-20(17-11-4-5-12-18(17)24-22(19)27)25-26(21)14-7-6-10-16(13-14)28-15-8-2-1-3-9-15/h1-13H,23H2,(H,24,27). The van der Waals surface area contributed by atoms with Crippen LogP contribution in [0.4, 0.5) is 5.82 Å². The maximum absolute atomic E-state index is 12.6. The molecule has 0 unspecified atom stereocenters. The van der Waals surface area contributed by atoms with Crippen LogP contribution < -0.4 is 16.0 Å². The highest BCUT2D eigenvalue weighted by Crippen LogP contribution is 2.28. The second-order valence-corrected chi connectivity index (χ2v) is 6.43. The molecule has 0 spiro atoms. The fourth-order valence-corrected chi connectivity index (χ4v) is 3.33. The maximum Gasteiger partial charge on any atom is 0.261 e. The molecule has 5 rings (SSSR count). The summed E-state index contributed by atoms with van der Waals surface area (Å²) in [4.78, 5) is 15.4. The quantitative estimate of drug-likeness (QED) is 0.499. The van der Waals surface area contributed by atoms with Crippen molar-refractivity contribution in [2.75, 3.05) is 5.73 Å². The highest BCUT2D eigenvalue weighted by atomic mass is 16.5. The number of anilines is 1. The molecule has 0 aliphatic heterocycles. The Morgan fingerprint density at radius 1 is 0.893 bits per heavy atom. The van der Waals surface area contributed by atoms with Crippen LogP contribution in [0, 0.1) is 0 Å². The Kier molecular flexibility index (Phi) is 3.62. The zero-order chi connectivity index (χ0) is 19.1. The van der Waals surface area contributed by atoms with E-state index in [1.54, 1.807) is 4.68 Å². The molecule has 0 atom stereocenters. The zero-order valence-corrected chi connectivity index (χ0v) is 14.8. The molecule has 0 aliphatic carbocycles. The number of benzene rings is 3. The number of hydrogen-bond donors (Lipinski definition) is 2. The van der Waals surface area contributed by atoms with Gasteiger partial charge in [-0.05, 0) is 30.3 Å². The molecule has 0 saturated carbocycles. The molecule has 3 aromatic carbocycles. The van der Waals surface area contributed by atoms with Gasteiger partial charge in [-0.3, -0.25) is 4.79 Å². The lowest BCUT2D eigenvalue weighted by atomic mass is 10.1. The monoisotopic (exact) mass is 368 g/mol. The van der Waals surface area contributed by atoms with Crippen LogP contribution in [0.1, 0.15) is 0 Å². The molecular formula is C22H16N4O2. The van der Waals surface area contributed by atoms with Gasteiger partial charge < -0.3 is 15.5 Å². The Balaban J connectivity index is 1.67. The summed E-state index contributed by atoms with van der Waals surface area (Å²) in [5.74, 6) is 1.68. The van der Waals surface area contributed by atoms with Gasteiger partial charge in [0.15, 0.2) is 0 Å². The van der Waals surface area contributed by atoms with Gasteiger partial charge in [0.2, 0.25) is 0 Å². The number of aromatic amines is 1. The Bertz CT molecular complexity index is 1370. The summed E-state index contributed by atoms with van der Waals surface area (Å²) < 4.78 is 7.47. The summed E-state index contributed by atoms with van der Waals surface area (Å²) in [5, 5.41) is 5.86. The molecule has 0 fully saturated rings. The number of pyridine rings is 1. The third-order valence-corrected chi connectivity index (χ3v) is 4.62. The van der Waals surface area contributed by atoms with E-state index in [1.807, 2.05) is 78.9 Å². The summed E-state index contributed by atoms with van der Waals surface area (Å²) in [6.07, 6.45) is 0. The van der Waals surface area contributed by atoms with Crippen molar-refractivity contribution in [1.29, 1.82) is 0 Å². The van der Waals surface area contributed by atoms with Crippen LogP contribution in [0.25, 0.3) is 27.5 Å². The van der Waals surface area contributed by atoms with Gasteiger partial charge >= 0.3 is 0 Å². The second kappa shape index (κ2) is 6.28. The van der Waals surface area contributed by atoms with Crippen molar-refractivity contribution in [2.24, 2.45) is 0 Å². The number of nitrogens with zero attached hydrogens (tertiary/aromatic N) is 2. The predicted molar refractivity (Wildman–Crippen MR) is 110 cm³/mol. The number of H-pyrrole nitrogens is 1. The van der Waals surface area contributed by atoms with E-state index in [1.165, 1.54) is 0 Å². The SMILES string of the molecule is Nc1c2c(=O)[nH]c3ccccc3c2nn1-c1cccc(Oc2ccccc2)c1. The summed E-state index contributed by atoms with van der Waals surface area (Å²) in [6, 6.07) is 24.5. The molecule has 136 valence electrons. The Labute approximate surface area is 159 Å². The molecule has 0 aliphatic rings. The summed E-state index contributed by atoms with van der Waals surface area (Å²) in [6.45, 7) is 0. The molecule has 0 bridgehead atoms. The fraction of sp³-hybridized carbons (Fsp3) is 0. The van der Waals surface area contributed by atoms with E-state index in [9.17, 15) is 4.79 Å². The zero-order valence-electron chi connectivity index (χ0n) is 14.8. The van der Waals surface area contributed by atoms with Gasteiger partial charge in [-0.15, -0.1) is 0 Å². The van der Waals surface area contributed by atoms with Gasteiger partial charge in [0.1, 0.15) is 28.2 Å². The number of hydrogen-bond acceptors (Lipinski definition) is 4. The van der Waals surface area contributed by atoms with Crippen molar-refractivity contribution < 1.29 is 4.74 Å². The van der Waals surface area contributed by atoms with E-state index in [-0.39, 0.29) is 5.56 Å². The van der Waals surface area contributed by atoms with Gasteiger partial charge in [0, 0.05) is 11.5 Å². The van der Waals surface area contributed by atoms with Crippen molar-refractivity contribution >= 4 is 27.6 Å².